The van der Waals surface area contributed by atoms with Crippen LogP contribution in [0.5, 0.6) is 0 Å². The van der Waals surface area contributed by atoms with E-state index in [2.05, 4.69) is 10.6 Å². The van der Waals surface area contributed by atoms with Crippen LogP contribution in [-0.2, 0) is 4.74 Å². The summed E-state index contributed by atoms with van der Waals surface area (Å²) in [6.07, 6.45) is -0.466. The summed E-state index contributed by atoms with van der Waals surface area (Å²) in [5.74, 6) is 0. The Balaban J connectivity index is 2.50. The number of benzene rings is 1. The van der Waals surface area contributed by atoms with Crippen LogP contribution in [0, 0.1) is 0 Å². The van der Waals surface area contributed by atoms with Crippen molar-refractivity contribution in [3.8, 4) is 0 Å². The highest BCUT2D eigenvalue weighted by molar-refractivity contribution is 7.80. The van der Waals surface area contributed by atoms with Gasteiger partial charge in [0, 0.05) is 6.04 Å². The Labute approximate surface area is 132 Å². The monoisotopic (exact) mass is 308 g/mol. The van der Waals surface area contributed by atoms with Crippen LogP contribution in [0.25, 0.3) is 0 Å². The molecule has 1 aromatic rings. The van der Waals surface area contributed by atoms with E-state index in [1.54, 1.807) is 0 Å². The van der Waals surface area contributed by atoms with Gasteiger partial charge in [-0.2, -0.15) is 0 Å². The van der Waals surface area contributed by atoms with Gasteiger partial charge in [0.25, 0.3) is 0 Å². The zero-order valence-electron chi connectivity index (χ0n) is 13.3. The summed E-state index contributed by atoms with van der Waals surface area (Å²) in [6.45, 7) is 9.33. The Morgan fingerprint density at radius 1 is 1.14 bits per heavy atom. The van der Waals surface area contributed by atoms with E-state index in [0.717, 1.165) is 5.56 Å². The van der Waals surface area contributed by atoms with Gasteiger partial charge in [0.2, 0.25) is 0 Å². The molecule has 0 aliphatic rings. The molecule has 2 N–H and O–H groups in total. The van der Waals surface area contributed by atoms with Gasteiger partial charge in [-0.3, -0.25) is 0 Å². The van der Waals surface area contributed by atoms with E-state index in [1.165, 1.54) is 0 Å². The van der Waals surface area contributed by atoms with Crippen LogP contribution in [-0.4, -0.2) is 22.7 Å². The van der Waals surface area contributed by atoms with E-state index < -0.39 is 11.7 Å². The Kier molecular flexibility index (Phi) is 6.15. The normalized spacial score (nSPS) is 14.0. The molecule has 0 aromatic heterocycles. The fourth-order valence-corrected chi connectivity index (χ4v) is 1.95. The molecule has 0 bridgehead atoms. The van der Waals surface area contributed by atoms with Crippen LogP contribution in [0.1, 0.15) is 46.2 Å². The largest absolute Gasteiger partial charge is 0.444 e. The third-order valence-electron chi connectivity index (χ3n) is 2.78. The van der Waals surface area contributed by atoms with E-state index >= 15 is 0 Å². The molecule has 0 saturated heterocycles. The topological polar surface area (TPSA) is 50.4 Å². The lowest BCUT2D eigenvalue weighted by Crippen LogP contribution is -2.46. The predicted molar refractivity (Wildman–Crippen MR) is 89.4 cm³/mol. The number of alkyl carbamates (subject to hydrolysis) is 1. The van der Waals surface area contributed by atoms with Gasteiger partial charge in [-0.15, -0.1) is 0 Å². The smallest absolute Gasteiger partial charge is 0.408 e. The van der Waals surface area contributed by atoms with E-state index in [1.807, 2.05) is 65.0 Å². The number of nitrogens with one attached hydrogen (secondary N) is 2. The van der Waals surface area contributed by atoms with Crippen LogP contribution < -0.4 is 10.6 Å². The molecular formula is C16H24N2O2S. The molecule has 0 unspecified atom stereocenters. The molecular weight excluding hydrogens is 284 g/mol. The summed E-state index contributed by atoms with van der Waals surface area (Å²) >= 11 is 5.33. The summed E-state index contributed by atoms with van der Waals surface area (Å²) in [6, 6.07) is 9.81. The first-order chi connectivity index (χ1) is 9.69. The standard InChI is InChI=1S/C16H24N2O2S/c1-11(13-9-7-6-8-10-13)17-14(21)12(2)18-15(19)20-16(3,4)5/h6-12H,1-5H3,(H,17,21)(H,18,19)/t11-,12+/m1/s1. The third kappa shape index (κ3) is 6.58. The lowest BCUT2D eigenvalue weighted by atomic mass is 10.1. The molecule has 0 aliphatic carbocycles. The number of thiocarbonyl (C=S) groups is 1. The average Bonchev–Trinajstić information content (AvgIpc) is 2.37. The highest BCUT2D eigenvalue weighted by atomic mass is 32.1. The van der Waals surface area contributed by atoms with E-state index in [9.17, 15) is 4.79 Å². The highest BCUT2D eigenvalue weighted by Gasteiger charge is 2.20. The minimum absolute atomic E-state index is 0.0848. The number of amides is 1. The Morgan fingerprint density at radius 2 is 1.71 bits per heavy atom. The molecule has 5 heteroatoms. The predicted octanol–water partition coefficient (Wildman–Crippen LogP) is 3.58. The number of ether oxygens (including phenoxy) is 1. The average molecular weight is 308 g/mol. The number of carbonyl (C=O) groups excluding carboxylic acids is 1. The Bertz CT molecular complexity index is 483. The number of carbonyl (C=O) groups is 1. The van der Waals surface area contributed by atoms with Crippen molar-refractivity contribution in [2.75, 3.05) is 0 Å². The molecule has 21 heavy (non-hydrogen) atoms. The molecule has 4 nitrogen and oxygen atoms in total. The summed E-state index contributed by atoms with van der Waals surface area (Å²) in [5.41, 5.74) is 0.625. The highest BCUT2D eigenvalue weighted by Crippen LogP contribution is 2.12. The summed E-state index contributed by atoms with van der Waals surface area (Å²) in [5, 5.41) is 5.95. The maximum atomic E-state index is 11.7. The van der Waals surface area contributed by atoms with Crippen LogP contribution in [0.2, 0.25) is 0 Å². The lowest BCUT2D eigenvalue weighted by molar-refractivity contribution is 0.0521. The third-order valence-corrected chi connectivity index (χ3v) is 3.26. The molecule has 2 atom stereocenters. The summed E-state index contributed by atoms with van der Waals surface area (Å²) in [7, 11) is 0. The maximum absolute atomic E-state index is 11.7. The van der Waals surface area contributed by atoms with Crippen molar-refractivity contribution in [2.45, 2.75) is 52.3 Å². The first kappa shape index (κ1) is 17.4. The van der Waals surface area contributed by atoms with E-state index in [-0.39, 0.29) is 12.1 Å². The SMILES string of the molecule is C[C@H](NC(=O)OC(C)(C)C)C(=S)N[C@H](C)c1ccccc1. The van der Waals surface area contributed by atoms with Gasteiger partial charge in [0.15, 0.2) is 0 Å². The van der Waals surface area contributed by atoms with Crippen LogP contribution in [0.4, 0.5) is 4.79 Å². The van der Waals surface area contributed by atoms with Gasteiger partial charge >= 0.3 is 6.09 Å². The van der Waals surface area contributed by atoms with E-state index in [0.29, 0.717) is 4.99 Å². The first-order valence-corrected chi connectivity index (χ1v) is 7.44. The fraction of sp³-hybridized carbons (Fsp3) is 0.500. The second-order valence-electron chi connectivity index (χ2n) is 6.01. The second kappa shape index (κ2) is 7.41. The minimum Gasteiger partial charge on any atom is -0.444 e. The van der Waals surface area contributed by atoms with Gasteiger partial charge in [-0.05, 0) is 40.2 Å². The number of rotatable bonds is 4. The summed E-state index contributed by atoms with van der Waals surface area (Å²) in [4.78, 5) is 12.3. The lowest BCUT2D eigenvalue weighted by Gasteiger charge is -2.24. The van der Waals surface area contributed by atoms with Gasteiger partial charge in [-0.1, -0.05) is 42.5 Å². The van der Waals surface area contributed by atoms with Crippen molar-refractivity contribution in [3.63, 3.8) is 0 Å². The first-order valence-electron chi connectivity index (χ1n) is 7.04. The maximum Gasteiger partial charge on any atom is 0.408 e. The van der Waals surface area contributed by atoms with Crippen molar-refractivity contribution in [3.05, 3.63) is 35.9 Å². The van der Waals surface area contributed by atoms with Crippen molar-refractivity contribution in [2.24, 2.45) is 0 Å². The Morgan fingerprint density at radius 3 is 2.24 bits per heavy atom. The van der Waals surface area contributed by atoms with Gasteiger partial charge < -0.3 is 15.4 Å². The molecule has 1 aromatic carbocycles. The number of hydrogen-bond donors (Lipinski definition) is 2. The zero-order valence-corrected chi connectivity index (χ0v) is 14.1. The van der Waals surface area contributed by atoms with Gasteiger partial charge in [0.05, 0.1) is 11.0 Å². The van der Waals surface area contributed by atoms with E-state index in [4.69, 9.17) is 17.0 Å². The minimum atomic E-state index is -0.518. The molecule has 0 spiro atoms. The molecule has 0 saturated carbocycles. The number of hydrogen-bond acceptors (Lipinski definition) is 3. The van der Waals surface area contributed by atoms with Gasteiger partial charge in [-0.25, -0.2) is 4.79 Å². The van der Waals surface area contributed by atoms with Crippen molar-refractivity contribution in [1.82, 2.24) is 10.6 Å². The molecule has 0 fully saturated rings. The van der Waals surface area contributed by atoms with Crippen molar-refractivity contribution >= 4 is 23.3 Å². The Hall–Kier alpha value is -1.62. The molecule has 0 heterocycles. The van der Waals surface area contributed by atoms with Gasteiger partial charge in [0.1, 0.15) is 5.60 Å². The molecule has 116 valence electrons. The quantitative estimate of drug-likeness (QED) is 0.835. The molecule has 1 rings (SSSR count). The molecule has 1 amide bonds. The molecule has 0 radical (unpaired) electrons. The fourth-order valence-electron chi connectivity index (χ4n) is 1.71. The van der Waals surface area contributed by atoms with Crippen LogP contribution in [0.3, 0.4) is 0 Å². The van der Waals surface area contributed by atoms with Crippen molar-refractivity contribution in [1.29, 1.82) is 0 Å². The molecule has 0 aliphatic heterocycles. The zero-order chi connectivity index (χ0) is 16.0. The second-order valence-corrected chi connectivity index (χ2v) is 6.45. The summed E-state index contributed by atoms with van der Waals surface area (Å²) < 4.78 is 5.21. The van der Waals surface area contributed by atoms with Crippen molar-refractivity contribution < 1.29 is 9.53 Å². The van der Waals surface area contributed by atoms with Crippen LogP contribution in [0.15, 0.2) is 30.3 Å². The van der Waals surface area contributed by atoms with Crippen LogP contribution >= 0.6 is 12.2 Å².